The smallest absolute Gasteiger partial charge is 0.337 e. The Bertz CT molecular complexity index is 1020. The van der Waals surface area contributed by atoms with E-state index < -0.39 is 0 Å². The third-order valence-electron chi connectivity index (χ3n) is 4.99. The lowest BCUT2D eigenvalue weighted by atomic mass is 9.72. The van der Waals surface area contributed by atoms with Crippen LogP contribution in [0.3, 0.4) is 0 Å². The minimum Gasteiger partial charge on any atom is -0.465 e. The Kier molecular flexibility index (Phi) is 3.32. The molecule has 1 N–H and O–H groups in total. The number of hydrogen-bond donors (Lipinski definition) is 1. The predicted octanol–water partition coefficient (Wildman–Crippen LogP) is 5.15. The molecule has 25 heavy (non-hydrogen) atoms. The van der Waals surface area contributed by atoms with E-state index in [1.54, 1.807) is 18.2 Å². The van der Waals surface area contributed by atoms with Crippen molar-refractivity contribution in [2.75, 3.05) is 12.4 Å². The Morgan fingerprint density at radius 2 is 1.80 bits per heavy atom. The Balaban J connectivity index is 1.97. The van der Waals surface area contributed by atoms with E-state index in [1.807, 2.05) is 24.3 Å². The van der Waals surface area contributed by atoms with Gasteiger partial charge in [-0.05, 0) is 58.3 Å². The van der Waals surface area contributed by atoms with Gasteiger partial charge in [-0.2, -0.15) is 0 Å². The minimum atomic E-state index is -0.371. The van der Waals surface area contributed by atoms with Crippen LogP contribution in [0.5, 0.6) is 0 Å². The van der Waals surface area contributed by atoms with Crippen LogP contribution in [0.2, 0.25) is 0 Å². The van der Waals surface area contributed by atoms with Crippen LogP contribution in [0.25, 0.3) is 10.8 Å². The zero-order valence-corrected chi connectivity index (χ0v) is 14.3. The van der Waals surface area contributed by atoms with E-state index in [0.717, 1.165) is 33.3 Å². The lowest BCUT2D eigenvalue weighted by molar-refractivity contribution is 0.0601. The molecule has 4 rings (SSSR count). The molecule has 3 nitrogen and oxygen atoms in total. The number of benzene rings is 3. The summed E-state index contributed by atoms with van der Waals surface area (Å²) in [5, 5.41) is 5.40. The highest BCUT2D eigenvalue weighted by Crippen LogP contribution is 2.48. The van der Waals surface area contributed by atoms with Gasteiger partial charge in [0.15, 0.2) is 0 Å². The van der Waals surface area contributed by atoms with Crippen LogP contribution in [0.1, 0.15) is 35.3 Å². The van der Waals surface area contributed by atoms with Gasteiger partial charge in [-0.25, -0.2) is 9.18 Å². The number of anilines is 2. The number of halogens is 1. The van der Waals surface area contributed by atoms with Gasteiger partial charge < -0.3 is 10.1 Å². The largest absolute Gasteiger partial charge is 0.465 e. The van der Waals surface area contributed by atoms with Crippen molar-refractivity contribution in [1.29, 1.82) is 0 Å². The molecule has 1 heterocycles. The number of rotatable bonds is 1. The molecule has 1 aliphatic heterocycles. The zero-order valence-electron chi connectivity index (χ0n) is 14.3. The molecule has 0 radical (unpaired) electrons. The maximum Gasteiger partial charge on any atom is 0.337 e. The molecule has 1 aliphatic rings. The highest BCUT2D eigenvalue weighted by atomic mass is 19.1. The van der Waals surface area contributed by atoms with Gasteiger partial charge >= 0.3 is 5.97 Å². The molecule has 0 aliphatic carbocycles. The van der Waals surface area contributed by atoms with Crippen molar-refractivity contribution in [1.82, 2.24) is 0 Å². The number of methoxy groups -OCH3 is 1. The second kappa shape index (κ2) is 5.31. The first-order chi connectivity index (χ1) is 11.9. The van der Waals surface area contributed by atoms with E-state index in [0.29, 0.717) is 5.56 Å². The van der Waals surface area contributed by atoms with Gasteiger partial charge in [0.1, 0.15) is 5.82 Å². The van der Waals surface area contributed by atoms with E-state index in [9.17, 15) is 9.18 Å². The molecule has 0 aromatic heterocycles. The molecular weight excluding hydrogens is 317 g/mol. The number of ether oxygens (including phenoxy) is 1. The lowest BCUT2D eigenvalue weighted by Gasteiger charge is -2.36. The number of esters is 1. The molecule has 126 valence electrons. The van der Waals surface area contributed by atoms with Gasteiger partial charge in [0.05, 0.1) is 12.7 Å². The Labute approximate surface area is 145 Å². The molecule has 0 fully saturated rings. The number of nitrogens with one attached hydrogen (secondary N) is 1. The highest BCUT2D eigenvalue weighted by Gasteiger charge is 2.34. The summed E-state index contributed by atoms with van der Waals surface area (Å²) >= 11 is 0. The molecule has 4 heteroatoms. The molecule has 0 saturated heterocycles. The number of carbonyl (C=O) groups excluding carboxylic acids is 1. The second-order valence-corrected chi connectivity index (χ2v) is 6.86. The number of carbonyl (C=O) groups is 1. The van der Waals surface area contributed by atoms with E-state index >= 15 is 0 Å². The van der Waals surface area contributed by atoms with Gasteiger partial charge in [0.25, 0.3) is 0 Å². The molecule has 3 aromatic carbocycles. The first-order valence-corrected chi connectivity index (χ1v) is 8.14. The third kappa shape index (κ3) is 2.29. The fourth-order valence-corrected chi connectivity index (χ4v) is 3.77. The van der Waals surface area contributed by atoms with Crippen molar-refractivity contribution >= 4 is 28.1 Å². The highest BCUT2D eigenvalue weighted by molar-refractivity contribution is 5.99. The molecule has 3 aromatic rings. The summed E-state index contributed by atoms with van der Waals surface area (Å²) in [6.07, 6.45) is 0. The average Bonchev–Trinajstić information content (AvgIpc) is 2.61. The normalized spacial score (nSPS) is 14.4. The summed E-state index contributed by atoms with van der Waals surface area (Å²) in [5.41, 5.74) is 4.09. The van der Waals surface area contributed by atoms with Gasteiger partial charge in [-0.3, -0.25) is 0 Å². The number of fused-ring (bicyclic) bond motifs is 4. The minimum absolute atomic E-state index is 0.245. The van der Waals surface area contributed by atoms with Crippen LogP contribution < -0.4 is 5.32 Å². The van der Waals surface area contributed by atoms with Crippen LogP contribution >= 0.6 is 0 Å². The second-order valence-electron chi connectivity index (χ2n) is 6.86. The average molecular weight is 335 g/mol. The van der Waals surface area contributed by atoms with Crippen molar-refractivity contribution in [2.24, 2.45) is 0 Å². The monoisotopic (exact) mass is 335 g/mol. The standard InChI is InChI=1S/C21H18FNO2/c1-21(2)16-11-14(22)6-9-17(16)23-18-8-5-12-10-13(20(24)25-3)4-7-15(12)19(18)21/h4-11,23H,1-3H3. The summed E-state index contributed by atoms with van der Waals surface area (Å²) in [4.78, 5) is 11.8. The van der Waals surface area contributed by atoms with Crippen molar-refractivity contribution < 1.29 is 13.9 Å². The van der Waals surface area contributed by atoms with Crippen molar-refractivity contribution in [3.05, 3.63) is 71.0 Å². The molecule has 0 atom stereocenters. The van der Waals surface area contributed by atoms with Gasteiger partial charge in [0, 0.05) is 16.8 Å². The quantitative estimate of drug-likeness (QED) is 0.625. The maximum absolute atomic E-state index is 13.8. The van der Waals surface area contributed by atoms with Gasteiger partial charge in [-0.15, -0.1) is 0 Å². The summed E-state index contributed by atoms with van der Waals surface area (Å²) in [5.74, 6) is -0.602. The van der Waals surface area contributed by atoms with E-state index in [1.165, 1.54) is 13.2 Å². The lowest BCUT2D eigenvalue weighted by Crippen LogP contribution is -2.26. The summed E-state index contributed by atoms with van der Waals surface area (Å²) in [6, 6.07) is 14.4. The fourth-order valence-electron chi connectivity index (χ4n) is 3.77. The van der Waals surface area contributed by atoms with E-state index in [-0.39, 0.29) is 17.2 Å². The van der Waals surface area contributed by atoms with E-state index in [4.69, 9.17) is 4.74 Å². The summed E-state index contributed by atoms with van der Waals surface area (Å²) in [6.45, 7) is 4.19. The molecular formula is C21H18FNO2. The molecule has 0 spiro atoms. The van der Waals surface area contributed by atoms with Crippen molar-refractivity contribution in [2.45, 2.75) is 19.3 Å². The zero-order chi connectivity index (χ0) is 17.8. The van der Waals surface area contributed by atoms with Crippen LogP contribution in [0.15, 0.2) is 48.5 Å². The predicted molar refractivity (Wildman–Crippen MR) is 97.1 cm³/mol. The third-order valence-corrected chi connectivity index (χ3v) is 4.99. The van der Waals surface area contributed by atoms with Crippen LogP contribution in [0, 0.1) is 5.82 Å². The van der Waals surface area contributed by atoms with Crippen molar-refractivity contribution in [3.63, 3.8) is 0 Å². The topological polar surface area (TPSA) is 38.3 Å². The maximum atomic E-state index is 13.8. The Morgan fingerprint density at radius 3 is 2.56 bits per heavy atom. The fraction of sp³-hybridized carbons (Fsp3) is 0.190. The van der Waals surface area contributed by atoms with E-state index in [2.05, 4.69) is 19.2 Å². The SMILES string of the molecule is COC(=O)c1ccc2c3c(ccc2c1)Nc1ccc(F)cc1C3(C)C. The van der Waals surface area contributed by atoms with Crippen LogP contribution in [-0.2, 0) is 10.2 Å². The Morgan fingerprint density at radius 1 is 1.04 bits per heavy atom. The Hall–Kier alpha value is -2.88. The van der Waals surface area contributed by atoms with Gasteiger partial charge in [0.2, 0.25) is 0 Å². The molecule has 0 saturated carbocycles. The van der Waals surface area contributed by atoms with Gasteiger partial charge in [-0.1, -0.05) is 26.0 Å². The van der Waals surface area contributed by atoms with Crippen LogP contribution in [0.4, 0.5) is 15.8 Å². The molecule has 0 amide bonds. The first kappa shape index (κ1) is 15.6. The first-order valence-electron chi connectivity index (χ1n) is 8.14. The van der Waals surface area contributed by atoms with Crippen molar-refractivity contribution in [3.8, 4) is 0 Å². The molecule has 0 bridgehead atoms. The molecule has 0 unspecified atom stereocenters. The number of hydrogen-bond acceptors (Lipinski definition) is 3. The van der Waals surface area contributed by atoms with Crippen LogP contribution in [-0.4, -0.2) is 13.1 Å². The summed E-state index contributed by atoms with van der Waals surface area (Å²) < 4.78 is 18.6. The summed E-state index contributed by atoms with van der Waals surface area (Å²) in [7, 11) is 1.37.